The van der Waals surface area contributed by atoms with E-state index in [0.717, 1.165) is 33.9 Å². The van der Waals surface area contributed by atoms with Crippen LogP contribution in [0.2, 0.25) is 5.02 Å². The summed E-state index contributed by atoms with van der Waals surface area (Å²) >= 11 is 7.29. The van der Waals surface area contributed by atoms with Gasteiger partial charge in [-0.1, -0.05) is 90.9 Å². The predicted molar refractivity (Wildman–Crippen MR) is 182 cm³/mol. The van der Waals surface area contributed by atoms with Gasteiger partial charge in [-0.3, -0.25) is 9.36 Å². The van der Waals surface area contributed by atoms with Crippen molar-refractivity contribution in [1.82, 2.24) is 4.57 Å². The Morgan fingerprint density at radius 2 is 1.76 bits per heavy atom. The van der Waals surface area contributed by atoms with Crippen molar-refractivity contribution in [2.45, 2.75) is 39.3 Å². The van der Waals surface area contributed by atoms with Crippen molar-refractivity contribution in [3.05, 3.63) is 138 Å². The molecule has 1 aliphatic rings. The molecule has 0 spiro atoms. The molecule has 6 rings (SSSR count). The molecule has 9 heteroatoms. The zero-order valence-corrected chi connectivity index (χ0v) is 27.4. The summed E-state index contributed by atoms with van der Waals surface area (Å²) < 4.78 is 19.5. The lowest BCUT2D eigenvalue weighted by molar-refractivity contribution is -0.139. The zero-order chi connectivity index (χ0) is 32.2. The first-order chi connectivity index (χ1) is 22.4. The highest BCUT2D eigenvalue weighted by Gasteiger charge is 2.37. The highest BCUT2D eigenvalue weighted by Crippen LogP contribution is 2.41. The second-order valence-corrected chi connectivity index (χ2v) is 12.2. The molecule has 7 nitrogen and oxygen atoms in total. The van der Waals surface area contributed by atoms with Gasteiger partial charge in [-0.2, -0.15) is 0 Å². The number of thiazole rings is 1. The minimum Gasteiger partial charge on any atom is -0.496 e. The average Bonchev–Trinajstić information content (AvgIpc) is 3.38. The van der Waals surface area contributed by atoms with Gasteiger partial charge < -0.3 is 14.2 Å². The number of aromatic nitrogens is 1. The first kappa shape index (κ1) is 31.3. The maximum atomic E-state index is 14.3. The molecule has 234 valence electrons. The van der Waals surface area contributed by atoms with E-state index < -0.39 is 12.0 Å². The summed E-state index contributed by atoms with van der Waals surface area (Å²) in [4.78, 5) is 33.4. The molecule has 0 saturated carbocycles. The van der Waals surface area contributed by atoms with Crippen LogP contribution in [-0.4, -0.2) is 24.3 Å². The topological polar surface area (TPSA) is 79.1 Å². The second-order valence-electron chi connectivity index (χ2n) is 10.8. The lowest BCUT2D eigenvalue weighted by Crippen LogP contribution is -2.40. The SMILES string of the molecule is CCCC1=C(C(=O)OCC)C(c2c(OC)ccc3ccccc23)n2c(s/c(=C\c3ccc(OCc4ccc(Cl)cc4)cc3)c2=O)=N1. The molecular weight excluding hydrogens is 620 g/mol. The summed E-state index contributed by atoms with van der Waals surface area (Å²) in [5.74, 6) is 0.796. The van der Waals surface area contributed by atoms with E-state index in [0.29, 0.717) is 50.2 Å². The molecule has 46 heavy (non-hydrogen) atoms. The summed E-state index contributed by atoms with van der Waals surface area (Å²) in [5.41, 5.74) is 3.31. The number of halogens is 1. The highest BCUT2D eigenvalue weighted by atomic mass is 35.5. The van der Waals surface area contributed by atoms with E-state index in [1.54, 1.807) is 18.6 Å². The summed E-state index contributed by atoms with van der Waals surface area (Å²) in [6.07, 6.45) is 3.17. The van der Waals surface area contributed by atoms with Crippen LogP contribution in [-0.2, 0) is 16.1 Å². The van der Waals surface area contributed by atoms with Crippen molar-refractivity contribution in [2.24, 2.45) is 4.99 Å². The summed E-state index contributed by atoms with van der Waals surface area (Å²) in [6.45, 7) is 4.42. The number of allylic oxidation sites excluding steroid dienone is 1. The fraction of sp³-hybridized carbons (Fsp3) is 0.216. The van der Waals surface area contributed by atoms with Crippen LogP contribution in [0.25, 0.3) is 16.8 Å². The third-order valence-electron chi connectivity index (χ3n) is 7.81. The molecule has 5 aromatic rings. The zero-order valence-electron chi connectivity index (χ0n) is 25.8. The first-order valence-corrected chi connectivity index (χ1v) is 16.4. The smallest absolute Gasteiger partial charge is 0.338 e. The van der Waals surface area contributed by atoms with Gasteiger partial charge in [0, 0.05) is 10.6 Å². The molecule has 1 aromatic heterocycles. The number of nitrogens with zero attached hydrogens (tertiary/aromatic N) is 2. The van der Waals surface area contributed by atoms with Crippen molar-refractivity contribution < 1.29 is 19.0 Å². The molecule has 1 unspecified atom stereocenters. The Bertz CT molecular complexity index is 2110. The van der Waals surface area contributed by atoms with Gasteiger partial charge in [0.05, 0.1) is 29.5 Å². The number of carbonyl (C=O) groups excluding carboxylic acids is 1. The fourth-order valence-electron chi connectivity index (χ4n) is 5.69. The van der Waals surface area contributed by atoms with Crippen molar-refractivity contribution in [1.29, 1.82) is 0 Å². The first-order valence-electron chi connectivity index (χ1n) is 15.2. The molecular formula is C37H33ClN2O5S. The van der Waals surface area contributed by atoms with Gasteiger partial charge in [-0.15, -0.1) is 0 Å². The fourth-order valence-corrected chi connectivity index (χ4v) is 6.83. The van der Waals surface area contributed by atoms with Crippen LogP contribution in [0, 0.1) is 0 Å². The molecule has 0 amide bonds. The third-order valence-corrected chi connectivity index (χ3v) is 9.05. The van der Waals surface area contributed by atoms with Crippen LogP contribution in [0.5, 0.6) is 11.5 Å². The minimum atomic E-state index is -0.788. The number of hydrogen-bond acceptors (Lipinski definition) is 7. The molecule has 0 fully saturated rings. The van der Waals surface area contributed by atoms with Gasteiger partial charge in [-0.05, 0) is 71.7 Å². The van der Waals surface area contributed by atoms with E-state index in [4.69, 9.17) is 30.8 Å². The average molecular weight is 653 g/mol. The lowest BCUT2D eigenvalue weighted by atomic mass is 9.90. The Morgan fingerprint density at radius 1 is 1.00 bits per heavy atom. The van der Waals surface area contributed by atoms with E-state index in [2.05, 4.69) is 0 Å². The number of benzene rings is 4. The van der Waals surface area contributed by atoms with Crippen molar-refractivity contribution in [3.8, 4) is 11.5 Å². The van der Waals surface area contributed by atoms with E-state index >= 15 is 0 Å². The Morgan fingerprint density at radius 3 is 2.48 bits per heavy atom. The van der Waals surface area contributed by atoms with Gasteiger partial charge in [0.2, 0.25) is 0 Å². The predicted octanol–water partition coefficient (Wildman–Crippen LogP) is 6.97. The number of ether oxygens (including phenoxy) is 3. The van der Waals surface area contributed by atoms with Gasteiger partial charge in [0.25, 0.3) is 5.56 Å². The normalized spacial score (nSPS) is 14.6. The van der Waals surface area contributed by atoms with E-state index in [9.17, 15) is 9.59 Å². The summed E-state index contributed by atoms with van der Waals surface area (Å²) in [6, 6.07) is 26.1. The number of methoxy groups -OCH3 is 1. The van der Waals surface area contributed by atoms with E-state index in [1.165, 1.54) is 11.3 Å². The van der Waals surface area contributed by atoms with Crippen LogP contribution in [0.4, 0.5) is 0 Å². The monoisotopic (exact) mass is 652 g/mol. The summed E-state index contributed by atoms with van der Waals surface area (Å²) in [7, 11) is 1.60. The second kappa shape index (κ2) is 13.8. The number of esters is 1. The molecule has 2 heterocycles. The van der Waals surface area contributed by atoms with Crippen LogP contribution in [0.15, 0.2) is 106 Å². The molecule has 0 bridgehead atoms. The Hall–Kier alpha value is -4.66. The minimum absolute atomic E-state index is 0.199. The van der Waals surface area contributed by atoms with Crippen LogP contribution in [0.1, 0.15) is 49.4 Å². The third kappa shape index (κ3) is 6.23. The van der Waals surface area contributed by atoms with Crippen LogP contribution >= 0.6 is 22.9 Å². The molecule has 1 atom stereocenters. The Balaban J connectivity index is 1.47. The Kier molecular flexibility index (Phi) is 9.38. The van der Waals surface area contributed by atoms with Crippen LogP contribution < -0.4 is 24.4 Å². The maximum absolute atomic E-state index is 14.3. The van der Waals surface area contributed by atoms with Crippen LogP contribution in [0.3, 0.4) is 0 Å². The number of carbonyl (C=O) groups is 1. The van der Waals surface area contributed by atoms with E-state index in [-0.39, 0.29) is 12.2 Å². The van der Waals surface area contributed by atoms with Gasteiger partial charge >= 0.3 is 5.97 Å². The number of hydrogen-bond donors (Lipinski definition) is 0. The van der Waals surface area contributed by atoms with Gasteiger partial charge in [0.1, 0.15) is 24.1 Å². The molecule has 0 aliphatic carbocycles. The Labute approximate surface area is 275 Å². The lowest BCUT2D eigenvalue weighted by Gasteiger charge is -2.28. The van der Waals surface area contributed by atoms with Crippen molar-refractivity contribution >= 4 is 45.8 Å². The summed E-state index contributed by atoms with van der Waals surface area (Å²) in [5, 5.41) is 2.53. The highest BCUT2D eigenvalue weighted by molar-refractivity contribution is 7.07. The molecule has 1 aliphatic heterocycles. The van der Waals surface area contributed by atoms with Crippen molar-refractivity contribution in [2.75, 3.05) is 13.7 Å². The maximum Gasteiger partial charge on any atom is 0.338 e. The molecule has 0 saturated heterocycles. The molecule has 0 N–H and O–H groups in total. The van der Waals surface area contributed by atoms with Crippen molar-refractivity contribution in [3.63, 3.8) is 0 Å². The van der Waals surface area contributed by atoms with Gasteiger partial charge in [0.15, 0.2) is 4.80 Å². The number of rotatable bonds is 10. The quantitative estimate of drug-likeness (QED) is 0.152. The van der Waals surface area contributed by atoms with Gasteiger partial charge in [-0.25, -0.2) is 9.79 Å². The molecule has 0 radical (unpaired) electrons. The standard InChI is InChI=1S/C37H33ClN2O5S/c1-4-8-29-33(36(42)44-5-2)34(32-28-10-7-6-9-25(28)15-20-30(32)43-3)40-35(41)31(46-37(40)39-29)21-23-13-18-27(19-14-23)45-22-24-11-16-26(38)17-12-24/h6-7,9-21,34H,4-5,8,22H2,1-3H3/b31-21-. The molecule has 4 aromatic carbocycles. The largest absolute Gasteiger partial charge is 0.496 e. The number of fused-ring (bicyclic) bond motifs is 2. The van der Waals surface area contributed by atoms with E-state index in [1.807, 2.05) is 97.9 Å².